The second-order valence-electron chi connectivity index (χ2n) is 6.59. The molecule has 1 aromatic carbocycles. The summed E-state index contributed by atoms with van der Waals surface area (Å²) in [4.78, 5) is 17.7. The number of benzene rings is 1. The molecule has 4 heterocycles. The summed E-state index contributed by atoms with van der Waals surface area (Å²) in [5, 5.41) is 8.43. The molecule has 140 valence electrons. The summed E-state index contributed by atoms with van der Waals surface area (Å²) in [5.41, 5.74) is 4.82. The van der Waals surface area contributed by atoms with Crippen LogP contribution in [0.15, 0.2) is 48.7 Å². The van der Waals surface area contributed by atoms with E-state index in [0.717, 1.165) is 34.1 Å². The fourth-order valence-electron chi connectivity index (χ4n) is 3.49. The Kier molecular flexibility index (Phi) is 4.14. The predicted octanol–water partition coefficient (Wildman–Crippen LogP) is 4.48. The van der Waals surface area contributed by atoms with Crippen molar-refractivity contribution in [2.45, 2.75) is 18.4 Å². The summed E-state index contributed by atoms with van der Waals surface area (Å²) in [7, 11) is 0. The van der Waals surface area contributed by atoms with E-state index in [2.05, 4.69) is 10.3 Å². The molecule has 0 radical (unpaired) electrons. The zero-order chi connectivity index (χ0) is 19.3. The minimum absolute atomic E-state index is 0.209. The van der Waals surface area contributed by atoms with Crippen molar-refractivity contribution in [3.05, 3.63) is 76.3 Å². The number of aromatic nitrogens is 4. The molecular formula is C20H16ClN5OS. The Morgan fingerprint density at radius 2 is 2.11 bits per heavy atom. The Morgan fingerprint density at radius 1 is 1.21 bits per heavy atom. The average molecular weight is 410 g/mol. The van der Waals surface area contributed by atoms with Gasteiger partial charge in [-0.2, -0.15) is 16.9 Å². The molecule has 0 saturated heterocycles. The van der Waals surface area contributed by atoms with Gasteiger partial charge in [0.2, 0.25) is 0 Å². The largest absolute Gasteiger partial charge is 0.305 e. The molecule has 0 atom stereocenters. The highest BCUT2D eigenvalue weighted by atomic mass is 35.5. The molecule has 5 rings (SSSR count). The molecule has 6 nitrogen and oxygen atoms in total. The Hall–Kier alpha value is -2.77. The SMILES string of the molecule is Cc1nc2ccccn2c1C(=O)Nc1c2c(nn1-c1cccc(Cl)c1)CSC2. The fourth-order valence-corrected chi connectivity index (χ4v) is 4.71. The van der Waals surface area contributed by atoms with E-state index in [9.17, 15) is 4.79 Å². The molecule has 3 aromatic heterocycles. The molecule has 0 bridgehead atoms. The van der Waals surface area contributed by atoms with E-state index in [0.29, 0.717) is 22.2 Å². The van der Waals surface area contributed by atoms with Gasteiger partial charge in [-0.25, -0.2) is 9.67 Å². The van der Waals surface area contributed by atoms with E-state index in [1.165, 1.54) is 0 Å². The number of thioether (sulfide) groups is 1. The minimum atomic E-state index is -0.209. The quantitative estimate of drug-likeness (QED) is 0.541. The normalized spacial score (nSPS) is 13.1. The van der Waals surface area contributed by atoms with Crippen LogP contribution in [0.2, 0.25) is 5.02 Å². The average Bonchev–Trinajstić information content (AvgIpc) is 3.35. The van der Waals surface area contributed by atoms with Crippen LogP contribution in [0.3, 0.4) is 0 Å². The number of aryl methyl sites for hydroxylation is 1. The van der Waals surface area contributed by atoms with Gasteiger partial charge in [0.05, 0.1) is 17.1 Å². The number of carbonyl (C=O) groups is 1. The van der Waals surface area contributed by atoms with Gasteiger partial charge in [0, 0.05) is 28.3 Å². The van der Waals surface area contributed by atoms with Gasteiger partial charge in [-0.1, -0.05) is 23.7 Å². The zero-order valence-electron chi connectivity index (χ0n) is 15.0. The van der Waals surface area contributed by atoms with Crippen LogP contribution in [-0.4, -0.2) is 25.1 Å². The van der Waals surface area contributed by atoms with Gasteiger partial charge in [0.25, 0.3) is 5.91 Å². The van der Waals surface area contributed by atoms with Crippen molar-refractivity contribution in [3.63, 3.8) is 0 Å². The lowest BCUT2D eigenvalue weighted by Crippen LogP contribution is -2.19. The Bertz CT molecular complexity index is 1230. The van der Waals surface area contributed by atoms with Crippen molar-refractivity contribution in [1.82, 2.24) is 19.2 Å². The summed E-state index contributed by atoms with van der Waals surface area (Å²) in [6.45, 7) is 1.84. The van der Waals surface area contributed by atoms with Crippen LogP contribution in [-0.2, 0) is 11.5 Å². The smallest absolute Gasteiger partial charge is 0.275 e. The maximum atomic E-state index is 13.2. The highest BCUT2D eigenvalue weighted by molar-refractivity contribution is 7.98. The molecule has 28 heavy (non-hydrogen) atoms. The van der Waals surface area contributed by atoms with Crippen molar-refractivity contribution in [3.8, 4) is 5.69 Å². The first-order valence-corrected chi connectivity index (χ1v) is 10.3. The number of carbonyl (C=O) groups excluding carboxylic acids is 1. The monoisotopic (exact) mass is 409 g/mol. The molecule has 4 aromatic rings. The van der Waals surface area contributed by atoms with Crippen LogP contribution in [0.5, 0.6) is 0 Å². The third kappa shape index (κ3) is 2.78. The van der Waals surface area contributed by atoms with Crippen molar-refractivity contribution >= 4 is 40.7 Å². The summed E-state index contributed by atoms with van der Waals surface area (Å²) < 4.78 is 3.58. The summed E-state index contributed by atoms with van der Waals surface area (Å²) >= 11 is 7.96. The molecule has 1 aliphatic heterocycles. The molecule has 0 spiro atoms. The Morgan fingerprint density at radius 3 is 2.96 bits per heavy atom. The fraction of sp³-hybridized carbons (Fsp3) is 0.150. The van der Waals surface area contributed by atoms with Gasteiger partial charge in [-0.15, -0.1) is 0 Å². The Balaban J connectivity index is 1.60. The third-order valence-electron chi connectivity index (χ3n) is 4.76. The molecule has 8 heteroatoms. The number of halogens is 1. The first-order valence-electron chi connectivity index (χ1n) is 8.81. The van der Waals surface area contributed by atoms with Gasteiger partial charge < -0.3 is 5.32 Å². The number of rotatable bonds is 3. The van der Waals surface area contributed by atoms with Crippen molar-refractivity contribution in [1.29, 1.82) is 0 Å². The maximum Gasteiger partial charge on any atom is 0.275 e. The lowest BCUT2D eigenvalue weighted by Gasteiger charge is -2.11. The van der Waals surface area contributed by atoms with Crippen LogP contribution >= 0.6 is 23.4 Å². The van der Waals surface area contributed by atoms with Crippen LogP contribution in [0.1, 0.15) is 27.4 Å². The summed E-state index contributed by atoms with van der Waals surface area (Å²) in [5.74, 6) is 2.13. The van der Waals surface area contributed by atoms with E-state index in [1.54, 1.807) is 20.8 Å². The lowest BCUT2D eigenvalue weighted by atomic mass is 10.2. The standard InChI is InChI=1S/C20H16ClN5OS/c1-12-18(25-8-3-2-7-17(25)22-12)20(27)23-19-15-10-28-11-16(15)24-26(19)14-6-4-5-13(21)9-14/h2-9H,10-11H2,1H3,(H,23,27). The molecule has 1 N–H and O–H groups in total. The molecule has 0 fully saturated rings. The van der Waals surface area contributed by atoms with E-state index in [1.807, 2.05) is 55.6 Å². The number of pyridine rings is 1. The highest BCUT2D eigenvalue weighted by Crippen LogP contribution is 2.36. The van der Waals surface area contributed by atoms with Crippen LogP contribution in [0, 0.1) is 6.92 Å². The number of amides is 1. The van der Waals surface area contributed by atoms with Crippen LogP contribution in [0.4, 0.5) is 5.82 Å². The molecule has 1 aliphatic rings. The number of hydrogen-bond acceptors (Lipinski definition) is 4. The lowest BCUT2D eigenvalue weighted by molar-refractivity contribution is 0.102. The maximum absolute atomic E-state index is 13.2. The van der Waals surface area contributed by atoms with E-state index >= 15 is 0 Å². The van der Waals surface area contributed by atoms with Gasteiger partial charge in [0.1, 0.15) is 17.2 Å². The van der Waals surface area contributed by atoms with E-state index in [4.69, 9.17) is 16.7 Å². The Labute approximate surface area is 170 Å². The summed E-state index contributed by atoms with van der Waals surface area (Å²) in [6.07, 6.45) is 1.85. The van der Waals surface area contributed by atoms with Gasteiger partial charge in [-0.05, 0) is 37.3 Å². The number of nitrogens with one attached hydrogen (secondary N) is 1. The molecule has 0 unspecified atom stereocenters. The summed E-state index contributed by atoms with van der Waals surface area (Å²) in [6, 6.07) is 13.1. The van der Waals surface area contributed by atoms with E-state index < -0.39 is 0 Å². The molecular weight excluding hydrogens is 394 g/mol. The van der Waals surface area contributed by atoms with Crippen molar-refractivity contribution < 1.29 is 4.79 Å². The van der Waals surface area contributed by atoms with Gasteiger partial charge >= 0.3 is 0 Å². The zero-order valence-corrected chi connectivity index (χ0v) is 16.6. The number of nitrogens with zero attached hydrogens (tertiary/aromatic N) is 4. The molecule has 0 aliphatic carbocycles. The van der Waals surface area contributed by atoms with Gasteiger partial charge in [-0.3, -0.25) is 9.20 Å². The minimum Gasteiger partial charge on any atom is -0.305 e. The predicted molar refractivity (Wildman–Crippen MR) is 111 cm³/mol. The third-order valence-corrected chi connectivity index (χ3v) is 5.96. The second-order valence-corrected chi connectivity index (χ2v) is 8.01. The second kappa shape index (κ2) is 6.68. The highest BCUT2D eigenvalue weighted by Gasteiger charge is 2.26. The molecule has 0 saturated carbocycles. The first kappa shape index (κ1) is 17.3. The van der Waals surface area contributed by atoms with Crippen molar-refractivity contribution in [2.24, 2.45) is 0 Å². The number of imidazole rings is 1. The van der Waals surface area contributed by atoms with E-state index in [-0.39, 0.29) is 5.91 Å². The number of fused-ring (bicyclic) bond motifs is 2. The number of anilines is 1. The number of hydrogen-bond donors (Lipinski definition) is 1. The van der Waals surface area contributed by atoms with Crippen molar-refractivity contribution in [2.75, 3.05) is 5.32 Å². The molecule has 1 amide bonds. The first-order chi connectivity index (χ1) is 13.6. The van der Waals surface area contributed by atoms with Crippen LogP contribution < -0.4 is 5.32 Å². The topological polar surface area (TPSA) is 64.2 Å². The van der Waals surface area contributed by atoms with Crippen LogP contribution in [0.25, 0.3) is 11.3 Å². The van der Waals surface area contributed by atoms with Gasteiger partial charge in [0.15, 0.2) is 0 Å².